The second kappa shape index (κ2) is 7.23. The zero-order valence-corrected chi connectivity index (χ0v) is 13.2. The number of amides is 2. The summed E-state index contributed by atoms with van der Waals surface area (Å²) in [6, 6.07) is 8.37. The molecule has 0 radical (unpaired) electrons. The van der Waals surface area contributed by atoms with Crippen LogP contribution in [0.3, 0.4) is 0 Å². The lowest BCUT2D eigenvalue weighted by Crippen LogP contribution is -2.62. The second-order valence-electron chi connectivity index (χ2n) is 5.76. The predicted molar refractivity (Wildman–Crippen MR) is 87.8 cm³/mol. The summed E-state index contributed by atoms with van der Waals surface area (Å²) in [5, 5.41) is 7.64. The van der Waals surface area contributed by atoms with E-state index in [0.717, 1.165) is 5.56 Å². The average Bonchev–Trinajstić information content (AvgIpc) is 2.54. The van der Waals surface area contributed by atoms with Crippen molar-refractivity contribution in [1.29, 1.82) is 5.41 Å². The molecular weight excluding hydrogens is 294 g/mol. The summed E-state index contributed by atoms with van der Waals surface area (Å²) in [5.74, 6) is -0.441. The van der Waals surface area contributed by atoms with Crippen molar-refractivity contribution >= 4 is 17.6 Å². The third-order valence-corrected chi connectivity index (χ3v) is 4.07. The highest BCUT2D eigenvalue weighted by molar-refractivity contribution is 5.89. The molecule has 0 bridgehead atoms. The largest absolute Gasteiger partial charge is 0.386 e. The summed E-state index contributed by atoms with van der Waals surface area (Å²) in [5.41, 5.74) is 12.6. The Morgan fingerprint density at radius 1 is 1.30 bits per heavy atom. The number of amidine groups is 1. The molecule has 124 valence electrons. The van der Waals surface area contributed by atoms with Crippen LogP contribution in [0.2, 0.25) is 0 Å². The summed E-state index contributed by atoms with van der Waals surface area (Å²) >= 11 is 0. The van der Waals surface area contributed by atoms with Crippen LogP contribution in [-0.4, -0.2) is 59.2 Å². The maximum Gasteiger partial charge on any atom is 0.239 e. The number of nitrogens with two attached hydrogens (primary N) is 2. The molecule has 5 N–H and O–H groups in total. The summed E-state index contributed by atoms with van der Waals surface area (Å²) in [7, 11) is 0. The van der Waals surface area contributed by atoms with Gasteiger partial charge >= 0.3 is 0 Å². The Morgan fingerprint density at radius 2 is 1.96 bits per heavy atom. The Balaban J connectivity index is 2.02. The molecule has 2 amide bonds. The molecule has 0 spiro atoms. The molecule has 0 aliphatic carbocycles. The van der Waals surface area contributed by atoms with E-state index in [0.29, 0.717) is 19.5 Å². The van der Waals surface area contributed by atoms with Gasteiger partial charge in [0.05, 0.1) is 6.04 Å². The first-order chi connectivity index (χ1) is 10.9. The number of nitrogens with one attached hydrogen (secondary N) is 1. The van der Waals surface area contributed by atoms with E-state index in [1.165, 1.54) is 11.8 Å². The normalized spacial score (nSPS) is 19.3. The predicted octanol–water partition coefficient (Wildman–Crippen LogP) is -0.448. The maximum atomic E-state index is 12.5. The van der Waals surface area contributed by atoms with E-state index in [2.05, 4.69) is 0 Å². The van der Waals surface area contributed by atoms with Gasteiger partial charge in [-0.15, -0.1) is 0 Å². The van der Waals surface area contributed by atoms with E-state index < -0.39 is 12.1 Å². The fourth-order valence-electron chi connectivity index (χ4n) is 2.82. The van der Waals surface area contributed by atoms with E-state index in [1.54, 1.807) is 4.90 Å². The quantitative estimate of drug-likeness (QED) is 0.515. The zero-order chi connectivity index (χ0) is 17.0. The van der Waals surface area contributed by atoms with E-state index in [4.69, 9.17) is 16.9 Å². The van der Waals surface area contributed by atoms with Gasteiger partial charge in [0.2, 0.25) is 11.8 Å². The van der Waals surface area contributed by atoms with Crippen LogP contribution < -0.4 is 11.5 Å². The third-order valence-electron chi connectivity index (χ3n) is 4.07. The molecule has 1 aliphatic rings. The van der Waals surface area contributed by atoms with Crippen LogP contribution >= 0.6 is 0 Å². The highest BCUT2D eigenvalue weighted by Gasteiger charge is 2.34. The number of nitrogens with zero attached hydrogens (tertiary/aromatic N) is 2. The van der Waals surface area contributed by atoms with E-state index in [9.17, 15) is 9.59 Å². The number of hydrogen-bond acceptors (Lipinski definition) is 4. The van der Waals surface area contributed by atoms with E-state index >= 15 is 0 Å². The van der Waals surface area contributed by atoms with Crippen molar-refractivity contribution in [3.63, 3.8) is 0 Å². The number of carbonyl (C=O) groups is 2. The fraction of sp³-hybridized carbons (Fsp3) is 0.438. The Hall–Kier alpha value is -2.41. The molecule has 0 saturated carbocycles. The zero-order valence-electron chi connectivity index (χ0n) is 13.2. The molecule has 7 nitrogen and oxygen atoms in total. The summed E-state index contributed by atoms with van der Waals surface area (Å²) < 4.78 is 0. The molecule has 2 rings (SSSR count). The molecular formula is C16H23N5O2. The van der Waals surface area contributed by atoms with Crippen LogP contribution in [0, 0.1) is 5.41 Å². The molecule has 7 heteroatoms. The van der Waals surface area contributed by atoms with Gasteiger partial charge in [0.15, 0.2) is 0 Å². The Bertz CT molecular complexity index is 589. The summed E-state index contributed by atoms with van der Waals surface area (Å²) in [6.07, 6.45) is 0.456. The first-order valence-electron chi connectivity index (χ1n) is 7.59. The molecule has 0 aromatic heterocycles. The smallest absolute Gasteiger partial charge is 0.239 e. The van der Waals surface area contributed by atoms with Crippen molar-refractivity contribution in [2.75, 3.05) is 19.6 Å². The number of piperazine rings is 1. The number of rotatable bonds is 4. The molecule has 1 aromatic carbocycles. The van der Waals surface area contributed by atoms with Crippen molar-refractivity contribution in [2.24, 2.45) is 11.5 Å². The van der Waals surface area contributed by atoms with Gasteiger partial charge in [0.25, 0.3) is 0 Å². The van der Waals surface area contributed by atoms with E-state index in [1.807, 2.05) is 30.3 Å². The standard InChI is InChI=1S/C16H23N5O2/c1-11(22)21-8-7-20(10-14(21)15(18)19)16(23)13(17)9-12-5-3-2-4-6-12/h2-6,13-14H,7-10,17H2,1H3,(H3,18,19)/t13-,14?/m0/s1. The van der Waals surface area contributed by atoms with Crippen molar-refractivity contribution in [3.8, 4) is 0 Å². The average molecular weight is 317 g/mol. The maximum absolute atomic E-state index is 12.5. The van der Waals surface area contributed by atoms with Crippen LogP contribution in [0.15, 0.2) is 30.3 Å². The van der Waals surface area contributed by atoms with Crippen LogP contribution in [0.5, 0.6) is 0 Å². The first-order valence-corrected chi connectivity index (χ1v) is 7.59. The minimum absolute atomic E-state index is 0.116. The van der Waals surface area contributed by atoms with Crippen LogP contribution in [0.1, 0.15) is 12.5 Å². The van der Waals surface area contributed by atoms with Gasteiger partial charge in [0.1, 0.15) is 11.9 Å². The Labute approximate surface area is 135 Å². The van der Waals surface area contributed by atoms with Crippen LogP contribution in [0.25, 0.3) is 0 Å². The second-order valence-corrected chi connectivity index (χ2v) is 5.76. The van der Waals surface area contributed by atoms with Crippen LogP contribution in [-0.2, 0) is 16.0 Å². The molecule has 23 heavy (non-hydrogen) atoms. The van der Waals surface area contributed by atoms with Gasteiger partial charge in [-0.3, -0.25) is 15.0 Å². The SMILES string of the molecule is CC(=O)N1CCN(C(=O)[C@@H](N)Cc2ccccc2)CC1C(=N)N. The summed E-state index contributed by atoms with van der Waals surface area (Å²) in [6.45, 7) is 2.43. The molecule has 1 aliphatic heterocycles. The molecule has 2 atom stereocenters. The lowest BCUT2D eigenvalue weighted by atomic mass is 10.0. The third kappa shape index (κ3) is 4.07. The topological polar surface area (TPSA) is 117 Å². The highest BCUT2D eigenvalue weighted by Crippen LogP contribution is 2.12. The van der Waals surface area contributed by atoms with Gasteiger partial charge in [0, 0.05) is 26.6 Å². The monoisotopic (exact) mass is 317 g/mol. The minimum Gasteiger partial charge on any atom is -0.386 e. The molecule has 1 saturated heterocycles. The number of hydrogen-bond donors (Lipinski definition) is 3. The highest BCUT2D eigenvalue weighted by atomic mass is 16.2. The minimum atomic E-state index is -0.645. The summed E-state index contributed by atoms with van der Waals surface area (Å²) in [4.78, 5) is 27.3. The molecule has 1 fully saturated rings. The van der Waals surface area contributed by atoms with Gasteiger partial charge in [-0.1, -0.05) is 30.3 Å². The molecule has 1 aromatic rings. The molecule has 1 heterocycles. The van der Waals surface area contributed by atoms with Gasteiger partial charge in [-0.05, 0) is 12.0 Å². The molecule has 1 unspecified atom stereocenters. The van der Waals surface area contributed by atoms with Crippen molar-refractivity contribution in [3.05, 3.63) is 35.9 Å². The van der Waals surface area contributed by atoms with Crippen molar-refractivity contribution < 1.29 is 9.59 Å². The van der Waals surface area contributed by atoms with Gasteiger partial charge in [-0.25, -0.2) is 0 Å². The lowest BCUT2D eigenvalue weighted by molar-refractivity contribution is -0.140. The van der Waals surface area contributed by atoms with Gasteiger partial charge < -0.3 is 21.3 Å². The van der Waals surface area contributed by atoms with E-state index in [-0.39, 0.29) is 24.2 Å². The van der Waals surface area contributed by atoms with Crippen molar-refractivity contribution in [1.82, 2.24) is 9.80 Å². The Morgan fingerprint density at radius 3 is 2.52 bits per heavy atom. The number of carbonyl (C=O) groups excluding carboxylic acids is 2. The first kappa shape index (κ1) is 17.0. The van der Waals surface area contributed by atoms with Crippen LogP contribution in [0.4, 0.5) is 0 Å². The van der Waals surface area contributed by atoms with Crippen molar-refractivity contribution in [2.45, 2.75) is 25.4 Å². The lowest BCUT2D eigenvalue weighted by Gasteiger charge is -2.41. The fourth-order valence-corrected chi connectivity index (χ4v) is 2.82. The number of benzene rings is 1. The Kier molecular flexibility index (Phi) is 5.33. The van der Waals surface area contributed by atoms with Gasteiger partial charge in [-0.2, -0.15) is 0 Å².